The van der Waals surface area contributed by atoms with E-state index >= 15 is 0 Å². The third-order valence-corrected chi connectivity index (χ3v) is 7.39. The van der Waals surface area contributed by atoms with E-state index in [-0.39, 0.29) is 19.1 Å². The van der Waals surface area contributed by atoms with E-state index in [2.05, 4.69) is 15.0 Å². The molecule has 0 atom stereocenters. The summed E-state index contributed by atoms with van der Waals surface area (Å²) in [4.78, 5) is 13.5. The van der Waals surface area contributed by atoms with Crippen LogP contribution in [0.25, 0.3) is 11.2 Å². The fourth-order valence-corrected chi connectivity index (χ4v) is 5.58. The summed E-state index contributed by atoms with van der Waals surface area (Å²) in [5, 5.41) is 0.481. The quantitative estimate of drug-likeness (QED) is 0.169. The Morgan fingerprint density at radius 2 is 1.79 bits per heavy atom. The van der Waals surface area contributed by atoms with Gasteiger partial charge in [0.15, 0.2) is 5.65 Å². The lowest BCUT2D eigenvalue weighted by atomic mass is 10.3. The van der Waals surface area contributed by atoms with Gasteiger partial charge in [0.2, 0.25) is 5.95 Å². The molecule has 3 rings (SSSR count). The van der Waals surface area contributed by atoms with Gasteiger partial charge in [0.25, 0.3) is 0 Å². The SMILES string of the molecule is COc1cccc(Sc2nc(N)nc3c2ncn3CCOCP(CC(F)(F)F)CC(F)(F)F)c1. The summed E-state index contributed by atoms with van der Waals surface area (Å²) in [7, 11) is -0.894. The molecule has 0 radical (unpaired) electrons. The van der Waals surface area contributed by atoms with Crippen LogP contribution >= 0.6 is 19.7 Å². The van der Waals surface area contributed by atoms with Gasteiger partial charge in [-0.25, -0.2) is 9.97 Å². The van der Waals surface area contributed by atoms with Crippen LogP contribution in [0.1, 0.15) is 0 Å². The third kappa shape index (κ3) is 7.88. The predicted octanol–water partition coefficient (Wildman–Crippen LogP) is 5.15. The molecule has 0 fully saturated rings. The van der Waals surface area contributed by atoms with Crippen molar-refractivity contribution in [1.29, 1.82) is 0 Å². The minimum absolute atomic E-state index is 0.0144. The number of benzene rings is 1. The number of halogens is 6. The van der Waals surface area contributed by atoms with E-state index in [9.17, 15) is 26.3 Å². The summed E-state index contributed by atoms with van der Waals surface area (Å²) in [5.74, 6) is 0.640. The minimum atomic E-state index is -4.69. The molecule has 0 saturated heterocycles. The number of aromatic nitrogens is 4. The number of imidazole rings is 1. The Hall–Kier alpha value is -2.31. The zero-order valence-electron chi connectivity index (χ0n) is 17.7. The number of nitrogen functional groups attached to an aromatic ring is 1. The Morgan fingerprint density at radius 3 is 2.44 bits per heavy atom. The van der Waals surface area contributed by atoms with Gasteiger partial charge in [0.1, 0.15) is 16.3 Å². The Kier molecular flexibility index (Phi) is 8.47. The van der Waals surface area contributed by atoms with Gasteiger partial charge in [-0.1, -0.05) is 25.7 Å². The maximum Gasteiger partial charge on any atom is 0.392 e. The number of rotatable bonds is 10. The molecule has 7 nitrogen and oxygen atoms in total. The Bertz CT molecular complexity index is 1090. The van der Waals surface area contributed by atoms with Crippen molar-refractivity contribution in [3.63, 3.8) is 0 Å². The number of hydrogen-bond donors (Lipinski definition) is 1. The van der Waals surface area contributed by atoms with E-state index in [4.69, 9.17) is 15.2 Å². The summed E-state index contributed by atoms with van der Waals surface area (Å²) in [5.41, 5.74) is 6.64. The minimum Gasteiger partial charge on any atom is -0.497 e. The van der Waals surface area contributed by atoms with E-state index in [1.807, 2.05) is 12.1 Å². The monoisotopic (exact) mass is 527 g/mol. The highest BCUT2D eigenvalue weighted by Gasteiger charge is 2.38. The van der Waals surface area contributed by atoms with Crippen LogP contribution in [0.2, 0.25) is 0 Å². The van der Waals surface area contributed by atoms with Crippen LogP contribution in [0.3, 0.4) is 0 Å². The van der Waals surface area contributed by atoms with Gasteiger partial charge in [-0.05, 0) is 18.2 Å². The van der Waals surface area contributed by atoms with Crippen LogP contribution in [0.5, 0.6) is 5.75 Å². The second-order valence-electron chi connectivity index (χ2n) is 7.03. The Labute approximate surface area is 195 Å². The first kappa shape index (κ1) is 26.3. The van der Waals surface area contributed by atoms with E-state index in [0.717, 1.165) is 4.90 Å². The molecule has 34 heavy (non-hydrogen) atoms. The molecule has 0 aliphatic rings. The molecule has 0 aliphatic carbocycles. The fraction of sp³-hybridized carbons (Fsp3) is 0.421. The first-order chi connectivity index (χ1) is 15.9. The average molecular weight is 527 g/mol. The van der Waals surface area contributed by atoms with E-state index in [1.54, 1.807) is 23.8 Å². The highest BCUT2D eigenvalue weighted by molar-refractivity contribution is 7.99. The van der Waals surface area contributed by atoms with Crippen molar-refractivity contribution in [1.82, 2.24) is 19.5 Å². The standard InChI is InChI=1S/C19H20F6N5O2PS/c1-31-12-3-2-4-13(7-12)34-16-14-15(28-17(26)29-16)30(10-27-14)5-6-32-11-33(8-18(20,21)22)9-19(23,24)25/h2-4,7,10H,5-6,8-9,11H2,1H3,(H2,26,28,29). The summed E-state index contributed by atoms with van der Waals surface area (Å²) >= 11 is 1.29. The Morgan fingerprint density at radius 1 is 1.09 bits per heavy atom. The Balaban J connectivity index is 1.67. The molecule has 0 amide bonds. The predicted molar refractivity (Wildman–Crippen MR) is 116 cm³/mol. The smallest absolute Gasteiger partial charge is 0.392 e. The summed E-state index contributed by atoms with van der Waals surface area (Å²) < 4.78 is 87.6. The van der Waals surface area contributed by atoms with Crippen LogP contribution < -0.4 is 10.5 Å². The zero-order valence-corrected chi connectivity index (χ0v) is 19.4. The topological polar surface area (TPSA) is 88.1 Å². The number of hydrogen-bond acceptors (Lipinski definition) is 7. The maximum atomic E-state index is 12.6. The van der Waals surface area contributed by atoms with Crippen LogP contribution in [0, 0.1) is 0 Å². The van der Waals surface area contributed by atoms with Crippen molar-refractivity contribution in [2.45, 2.75) is 28.8 Å². The molecule has 0 aliphatic heterocycles. The van der Waals surface area contributed by atoms with Gasteiger partial charge >= 0.3 is 12.4 Å². The number of anilines is 1. The van der Waals surface area contributed by atoms with Crippen molar-refractivity contribution < 1.29 is 35.8 Å². The molecular weight excluding hydrogens is 507 g/mol. The maximum absolute atomic E-state index is 12.6. The molecular formula is C19H20F6N5O2PS. The second-order valence-corrected chi connectivity index (χ2v) is 10.3. The van der Waals surface area contributed by atoms with E-state index < -0.39 is 38.9 Å². The summed E-state index contributed by atoms with van der Waals surface area (Å²) in [6.07, 6.45) is -11.6. The number of ether oxygens (including phenoxy) is 2. The summed E-state index contributed by atoms with van der Waals surface area (Å²) in [6, 6.07) is 7.26. The first-order valence-electron chi connectivity index (χ1n) is 9.67. The fourth-order valence-electron chi connectivity index (χ4n) is 2.96. The molecule has 0 saturated carbocycles. The number of nitrogens with two attached hydrogens (primary N) is 1. The molecule has 2 aromatic heterocycles. The number of fused-ring (bicyclic) bond motifs is 1. The van der Waals surface area contributed by atoms with Crippen LogP contribution in [-0.4, -0.2) is 64.3 Å². The normalized spacial score (nSPS) is 12.6. The lowest BCUT2D eigenvalue weighted by Crippen LogP contribution is -2.22. The highest BCUT2D eigenvalue weighted by atomic mass is 32.2. The summed E-state index contributed by atoms with van der Waals surface area (Å²) in [6.45, 7) is -0.0142. The van der Waals surface area contributed by atoms with E-state index in [1.165, 1.54) is 18.1 Å². The van der Waals surface area contributed by atoms with Gasteiger partial charge < -0.3 is 19.8 Å². The molecule has 0 unspecified atom stereocenters. The van der Waals surface area contributed by atoms with Crippen LogP contribution in [0.4, 0.5) is 32.3 Å². The van der Waals surface area contributed by atoms with Crippen molar-refractivity contribution >= 4 is 36.8 Å². The number of nitrogens with zero attached hydrogens (tertiary/aromatic N) is 4. The molecule has 15 heteroatoms. The van der Waals surface area contributed by atoms with Crippen LogP contribution in [-0.2, 0) is 11.3 Å². The molecule has 1 aromatic carbocycles. The number of alkyl halides is 6. The lowest BCUT2D eigenvalue weighted by molar-refractivity contribution is -0.112. The molecule has 2 heterocycles. The lowest BCUT2D eigenvalue weighted by Gasteiger charge is -2.20. The molecule has 0 spiro atoms. The van der Waals surface area contributed by atoms with Crippen molar-refractivity contribution in [2.75, 3.05) is 38.1 Å². The second kappa shape index (κ2) is 11.0. The van der Waals surface area contributed by atoms with Crippen LogP contribution in [0.15, 0.2) is 40.5 Å². The highest BCUT2D eigenvalue weighted by Crippen LogP contribution is 2.45. The largest absolute Gasteiger partial charge is 0.497 e. The zero-order chi connectivity index (χ0) is 24.9. The molecule has 3 aromatic rings. The molecule has 186 valence electrons. The number of methoxy groups -OCH3 is 1. The third-order valence-electron chi connectivity index (χ3n) is 4.26. The van der Waals surface area contributed by atoms with Crippen molar-refractivity contribution in [3.05, 3.63) is 30.6 Å². The van der Waals surface area contributed by atoms with Gasteiger partial charge in [0.05, 0.1) is 38.7 Å². The van der Waals surface area contributed by atoms with E-state index in [0.29, 0.717) is 21.9 Å². The van der Waals surface area contributed by atoms with Gasteiger partial charge in [-0.2, -0.15) is 31.3 Å². The van der Waals surface area contributed by atoms with Gasteiger partial charge in [-0.15, -0.1) is 0 Å². The average Bonchev–Trinajstić information content (AvgIpc) is 3.12. The molecule has 2 N–H and O–H groups in total. The first-order valence-corrected chi connectivity index (χ1v) is 12.4. The van der Waals surface area contributed by atoms with Crippen molar-refractivity contribution in [3.8, 4) is 5.75 Å². The van der Waals surface area contributed by atoms with Crippen molar-refractivity contribution in [2.24, 2.45) is 0 Å². The molecule has 0 bridgehead atoms. The van der Waals surface area contributed by atoms with Gasteiger partial charge in [0, 0.05) is 11.4 Å². The van der Waals surface area contributed by atoms with Gasteiger partial charge in [-0.3, -0.25) is 0 Å².